The van der Waals surface area contributed by atoms with Gasteiger partial charge < -0.3 is 0 Å². The number of benzene rings is 2. The Hall–Kier alpha value is -3.27. The first-order chi connectivity index (χ1) is 11.4. The van der Waals surface area contributed by atoms with Crippen molar-refractivity contribution in [3.8, 4) is 0 Å². The summed E-state index contributed by atoms with van der Waals surface area (Å²) >= 11 is 0. The summed E-state index contributed by atoms with van der Waals surface area (Å²) < 4.78 is 0. The Kier molecular flexibility index (Phi) is 3.41. The normalized spacial score (nSPS) is 13.2. The molecule has 1 aromatic heterocycles. The van der Waals surface area contributed by atoms with E-state index in [1.165, 1.54) is 0 Å². The minimum absolute atomic E-state index is 0.738. The van der Waals surface area contributed by atoms with Crippen molar-refractivity contribution < 1.29 is 0 Å². The third-order valence-corrected chi connectivity index (χ3v) is 3.67. The van der Waals surface area contributed by atoms with Crippen LogP contribution in [0.15, 0.2) is 89.2 Å². The maximum absolute atomic E-state index is 4.76. The van der Waals surface area contributed by atoms with Crippen molar-refractivity contribution in [1.82, 2.24) is 10.4 Å². The second kappa shape index (κ2) is 5.85. The number of hydrogen-bond donors (Lipinski definition) is 1. The fraction of sp³-hybridized carbons (Fsp3) is 0. The summed E-state index contributed by atoms with van der Waals surface area (Å²) in [7, 11) is 0. The first-order valence-electron chi connectivity index (χ1n) is 7.39. The monoisotopic (exact) mass is 298 g/mol. The summed E-state index contributed by atoms with van der Waals surface area (Å²) in [5.41, 5.74) is 7.87. The first kappa shape index (κ1) is 13.4. The van der Waals surface area contributed by atoms with Crippen LogP contribution in [0.4, 0.5) is 5.69 Å². The van der Waals surface area contributed by atoms with E-state index < -0.39 is 0 Å². The van der Waals surface area contributed by atoms with Gasteiger partial charge >= 0.3 is 0 Å². The molecule has 1 N–H and O–H groups in total. The Balaban J connectivity index is 1.87. The van der Waals surface area contributed by atoms with Gasteiger partial charge in [0.25, 0.3) is 0 Å². The van der Waals surface area contributed by atoms with Crippen LogP contribution in [0.2, 0.25) is 0 Å². The molecule has 0 atom stereocenters. The Morgan fingerprint density at radius 2 is 1.43 bits per heavy atom. The number of pyridine rings is 1. The highest BCUT2D eigenvalue weighted by atomic mass is 15.3. The molecule has 0 amide bonds. The van der Waals surface area contributed by atoms with Crippen LogP contribution in [-0.4, -0.2) is 16.5 Å². The lowest BCUT2D eigenvalue weighted by atomic mass is 10.0. The number of nitrogens with zero attached hydrogens (tertiary/aromatic N) is 3. The molecule has 1 aliphatic heterocycles. The lowest BCUT2D eigenvalue weighted by Crippen LogP contribution is -2.19. The van der Waals surface area contributed by atoms with E-state index in [1.54, 1.807) is 12.4 Å². The largest absolute Gasteiger partial charge is 0.265 e. The highest BCUT2D eigenvalue weighted by Crippen LogP contribution is 2.25. The molecule has 23 heavy (non-hydrogen) atoms. The van der Waals surface area contributed by atoms with Crippen molar-refractivity contribution in [3.05, 3.63) is 95.8 Å². The van der Waals surface area contributed by atoms with Crippen LogP contribution in [0.1, 0.15) is 16.7 Å². The van der Waals surface area contributed by atoms with Crippen LogP contribution in [0.5, 0.6) is 0 Å². The molecule has 0 radical (unpaired) electrons. The van der Waals surface area contributed by atoms with Crippen molar-refractivity contribution >= 4 is 17.2 Å². The number of nitrogens with one attached hydrogen (secondary N) is 1. The highest BCUT2D eigenvalue weighted by molar-refractivity contribution is 6.17. The van der Waals surface area contributed by atoms with Crippen LogP contribution in [-0.2, 0) is 0 Å². The number of amidine groups is 1. The van der Waals surface area contributed by atoms with Crippen molar-refractivity contribution in [3.63, 3.8) is 0 Å². The minimum Gasteiger partial charge on any atom is -0.265 e. The molecule has 1 aliphatic rings. The van der Waals surface area contributed by atoms with Gasteiger partial charge in [0, 0.05) is 29.1 Å². The van der Waals surface area contributed by atoms with Crippen molar-refractivity contribution in [2.45, 2.75) is 0 Å². The molecule has 3 aromatic rings. The second-order valence-electron chi connectivity index (χ2n) is 5.15. The quantitative estimate of drug-likeness (QED) is 0.787. The van der Waals surface area contributed by atoms with E-state index in [-0.39, 0.29) is 0 Å². The highest BCUT2D eigenvalue weighted by Gasteiger charge is 2.16. The van der Waals surface area contributed by atoms with E-state index in [9.17, 15) is 0 Å². The Morgan fingerprint density at radius 1 is 0.696 bits per heavy atom. The summed E-state index contributed by atoms with van der Waals surface area (Å²) in [6, 6.07) is 21.9. The van der Waals surface area contributed by atoms with Crippen LogP contribution < -0.4 is 5.43 Å². The molecule has 0 spiro atoms. The number of hydrazone groups is 1. The van der Waals surface area contributed by atoms with Crippen molar-refractivity contribution in [2.24, 2.45) is 10.1 Å². The molecule has 4 nitrogen and oxygen atoms in total. The van der Waals surface area contributed by atoms with Gasteiger partial charge in [0.15, 0.2) is 5.84 Å². The first-order valence-corrected chi connectivity index (χ1v) is 7.39. The zero-order valence-corrected chi connectivity index (χ0v) is 12.3. The Bertz CT molecular complexity index is 884. The number of aromatic nitrogens is 1. The summed E-state index contributed by atoms with van der Waals surface area (Å²) in [4.78, 5) is 8.84. The van der Waals surface area contributed by atoms with Gasteiger partial charge in [0.05, 0.1) is 5.69 Å². The van der Waals surface area contributed by atoms with Crippen LogP contribution in [0.25, 0.3) is 0 Å². The third-order valence-electron chi connectivity index (χ3n) is 3.67. The smallest absolute Gasteiger partial charge is 0.154 e. The molecule has 0 saturated carbocycles. The number of fused-ring (bicyclic) bond motifs is 1. The Labute approximate surface area is 134 Å². The number of rotatable bonds is 2. The maximum atomic E-state index is 4.76. The lowest BCUT2D eigenvalue weighted by Gasteiger charge is -2.06. The molecular formula is C19H14N4. The van der Waals surface area contributed by atoms with E-state index in [0.29, 0.717) is 0 Å². The molecule has 0 saturated heterocycles. The molecule has 4 heteroatoms. The van der Waals surface area contributed by atoms with Gasteiger partial charge in [-0.2, -0.15) is 5.10 Å². The third kappa shape index (κ3) is 2.62. The van der Waals surface area contributed by atoms with Gasteiger partial charge in [-0.15, -0.1) is 0 Å². The van der Waals surface area contributed by atoms with Gasteiger partial charge in [-0.05, 0) is 18.2 Å². The van der Waals surface area contributed by atoms with Crippen molar-refractivity contribution in [2.75, 3.05) is 0 Å². The summed E-state index contributed by atoms with van der Waals surface area (Å²) in [6.07, 6.45) is 3.54. The zero-order valence-electron chi connectivity index (χ0n) is 12.3. The topological polar surface area (TPSA) is 49.6 Å². The number of aliphatic imine (C=N–C) groups is 1. The van der Waals surface area contributed by atoms with Gasteiger partial charge in [-0.1, -0.05) is 48.5 Å². The van der Waals surface area contributed by atoms with E-state index >= 15 is 0 Å². The standard InChI is InChI=1S/C19H14N4/c1-2-6-15(7-3-1)19-21-17-9-5-4-8-16(17)18(22-23-19)14-10-12-20-13-11-14/h1-13H,(H,21,23). The van der Waals surface area contributed by atoms with Crippen LogP contribution in [0.3, 0.4) is 0 Å². The van der Waals surface area contributed by atoms with Crippen molar-refractivity contribution in [1.29, 1.82) is 0 Å². The summed E-state index contributed by atoms with van der Waals surface area (Å²) in [5, 5.41) is 4.60. The van der Waals surface area contributed by atoms with Gasteiger partial charge in [-0.3, -0.25) is 10.4 Å². The molecule has 0 fully saturated rings. The zero-order chi connectivity index (χ0) is 15.5. The summed E-state index contributed by atoms with van der Waals surface area (Å²) in [5.74, 6) is 0.738. The van der Waals surface area contributed by atoms with Gasteiger partial charge in [0.1, 0.15) is 5.71 Å². The molecule has 0 aliphatic carbocycles. The maximum Gasteiger partial charge on any atom is 0.154 e. The number of hydrogen-bond acceptors (Lipinski definition) is 4. The second-order valence-corrected chi connectivity index (χ2v) is 5.15. The average Bonchev–Trinajstić information content (AvgIpc) is 2.83. The molecule has 110 valence electrons. The molecular weight excluding hydrogens is 284 g/mol. The fourth-order valence-corrected chi connectivity index (χ4v) is 2.54. The van der Waals surface area contributed by atoms with E-state index in [0.717, 1.165) is 33.9 Å². The minimum atomic E-state index is 0.738. The lowest BCUT2D eigenvalue weighted by molar-refractivity contribution is 1.03. The average molecular weight is 298 g/mol. The molecule has 2 aromatic carbocycles. The predicted octanol–water partition coefficient (Wildman–Crippen LogP) is 3.52. The Morgan fingerprint density at radius 3 is 2.26 bits per heavy atom. The molecule has 0 bridgehead atoms. The SMILES string of the molecule is c1ccc(C2=Nc3ccccc3C(c3ccncc3)=NN2)cc1. The predicted molar refractivity (Wildman–Crippen MR) is 92.1 cm³/mol. The van der Waals surface area contributed by atoms with Gasteiger partial charge in [-0.25, -0.2) is 4.99 Å². The van der Waals surface area contributed by atoms with Crippen LogP contribution >= 0.6 is 0 Å². The van der Waals surface area contributed by atoms with Gasteiger partial charge in [0.2, 0.25) is 0 Å². The molecule has 4 rings (SSSR count). The molecule has 0 unspecified atom stereocenters. The number of para-hydroxylation sites is 1. The van der Waals surface area contributed by atoms with E-state index in [4.69, 9.17) is 4.99 Å². The summed E-state index contributed by atoms with van der Waals surface area (Å²) in [6.45, 7) is 0. The molecule has 2 heterocycles. The van der Waals surface area contributed by atoms with E-state index in [1.807, 2.05) is 66.7 Å². The fourth-order valence-electron chi connectivity index (χ4n) is 2.54. The van der Waals surface area contributed by atoms with E-state index in [2.05, 4.69) is 15.5 Å². The van der Waals surface area contributed by atoms with Crippen LogP contribution in [0, 0.1) is 0 Å².